The summed E-state index contributed by atoms with van der Waals surface area (Å²) in [6, 6.07) is 8.14. The van der Waals surface area contributed by atoms with Crippen molar-refractivity contribution in [3.63, 3.8) is 0 Å². The van der Waals surface area contributed by atoms with Crippen LogP contribution < -0.4 is 10.9 Å². The summed E-state index contributed by atoms with van der Waals surface area (Å²) >= 11 is 0. The number of aliphatic hydroxyl groups is 4. The van der Waals surface area contributed by atoms with Crippen LogP contribution >= 0.6 is 0 Å². The molecule has 0 bridgehead atoms. The summed E-state index contributed by atoms with van der Waals surface area (Å²) in [7, 11) is 0. The molecule has 124 valence electrons. The molecule has 0 amide bonds. The lowest BCUT2D eigenvalue weighted by Gasteiger charge is -2.39. The first-order valence-electron chi connectivity index (χ1n) is 7.09. The lowest BCUT2D eigenvalue weighted by Crippen LogP contribution is -2.57. The van der Waals surface area contributed by atoms with E-state index >= 15 is 0 Å². The smallest absolute Gasteiger partial charge is 0.336 e. The molecule has 1 unspecified atom stereocenters. The highest BCUT2D eigenvalue weighted by Gasteiger charge is 2.45. The van der Waals surface area contributed by atoms with Crippen molar-refractivity contribution in [3.8, 4) is 0 Å². The van der Waals surface area contributed by atoms with Crippen LogP contribution in [0.3, 0.4) is 0 Å². The molecule has 1 aromatic carbocycles. The van der Waals surface area contributed by atoms with Crippen molar-refractivity contribution < 1.29 is 29.6 Å². The van der Waals surface area contributed by atoms with Crippen LogP contribution in [0.2, 0.25) is 0 Å². The van der Waals surface area contributed by atoms with Gasteiger partial charge in [-0.05, 0) is 18.2 Å². The average molecular weight is 323 g/mol. The summed E-state index contributed by atoms with van der Waals surface area (Å²) in [6.45, 7) is 0.122. The standard InChI is InChI=1S/C15H17NO7/c17-10-6-15(20,21)14(19)23-12(10)7-16-9-3-1-8-2-4-13(18)22-11(8)5-9/h1-5,10,12,14,16-17,19-21H,6-7H2/t10-,12?,14-/m1/s1. The van der Waals surface area contributed by atoms with E-state index in [0.29, 0.717) is 11.3 Å². The minimum absolute atomic E-state index is 0.122. The third kappa shape index (κ3) is 3.36. The van der Waals surface area contributed by atoms with Crippen LogP contribution in [0, 0.1) is 0 Å². The van der Waals surface area contributed by atoms with Crippen molar-refractivity contribution >= 4 is 16.7 Å². The maximum atomic E-state index is 11.2. The average Bonchev–Trinajstić information content (AvgIpc) is 2.48. The molecule has 1 aliphatic rings. The van der Waals surface area contributed by atoms with E-state index in [1.807, 2.05) is 0 Å². The molecular formula is C15H17NO7. The molecule has 0 spiro atoms. The van der Waals surface area contributed by atoms with Gasteiger partial charge >= 0.3 is 5.63 Å². The van der Waals surface area contributed by atoms with E-state index in [0.717, 1.165) is 5.39 Å². The van der Waals surface area contributed by atoms with Gasteiger partial charge in [-0.2, -0.15) is 0 Å². The largest absolute Gasteiger partial charge is 0.423 e. The van der Waals surface area contributed by atoms with Gasteiger partial charge in [0.2, 0.25) is 12.1 Å². The number of hydrogen-bond donors (Lipinski definition) is 5. The molecule has 0 radical (unpaired) electrons. The molecule has 8 nitrogen and oxygen atoms in total. The van der Waals surface area contributed by atoms with E-state index in [9.17, 15) is 25.2 Å². The SMILES string of the molecule is O=c1ccc2ccc(NCC3O[C@@H](O)C(O)(O)C[C@H]3O)cc2o1. The fraction of sp³-hybridized carbons (Fsp3) is 0.400. The molecule has 1 aliphatic heterocycles. The highest BCUT2D eigenvalue weighted by atomic mass is 16.7. The molecule has 5 N–H and O–H groups in total. The molecule has 0 saturated carbocycles. The second-order valence-corrected chi connectivity index (χ2v) is 5.56. The van der Waals surface area contributed by atoms with E-state index in [1.54, 1.807) is 24.3 Å². The van der Waals surface area contributed by atoms with Crippen LogP contribution in [0.5, 0.6) is 0 Å². The number of nitrogens with one attached hydrogen (secondary N) is 1. The molecule has 23 heavy (non-hydrogen) atoms. The molecule has 1 aromatic heterocycles. The first-order chi connectivity index (χ1) is 10.8. The number of hydrogen-bond acceptors (Lipinski definition) is 8. The molecule has 2 aromatic rings. The van der Waals surface area contributed by atoms with Gasteiger partial charge in [0, 0.05) is 36.2 Å². The molecule has 8 heteroatoms. The van der Waals surface area contributed by atoms with Crippen LogP contribution in [0.1, 0.15) is 6.42 Å². The number of anilines is 1. The van der Waals surface area contributed by atoms with Gasteiger partial charge in [0.05, 0.1) is 6.10 Å². The predicted octanol–water partition coefficient (Wildman–Crippen LogP) is -0.646. The van der Waals surface area contributed by atoms with Crippen LogP contribution in [0.15, 0.2) is 39.5 Å². The van der Waals surface area contributed by atoms with Crippen molar-refractivity contribution in [3.05, 3.63) is 40.8 Å². The quantitative estimate of drug-likeness (QED) is 0.372. The van der Waals surface area contributed by atoms with Gasteiger partial charge in [-0.15, -0.1) is 0 Å². The normalized spacial score (nSPS) is 27.0. The van der Waals surface area contributed by atoms with E-state index in [-0.39, 0.29) is 6.54 Å². The molecule has 3 atom stereocenters. The number of ether oxygens (including phenoxy) is 1. The Kier molecular flexibility index (Phi) is 4.09. The molecule has 1 saturated heterocycles. The summed E-state index contributed by atoms with van der Waals surface area (Å²) in [5, 5.41) is 41.9. The zero-order valence-electron chi connectivity index (χ0n) is 12.0. The van der Waals surface area contributed by atoms with Gasteiger partial charge < -0.3 is 34.9 Å². The van der Waals surface area contributed by atoms with Crippen LogP contribution in [0.4, 0.5) is 5.69 Å². The number of benzene rings is 1. The first-order valence-corrected chi connectivity index (χ1v) is 7.09. The van der Waals surface area contributed by atoms with Crippen molar-refractivity contribution in [2.24, 2.45) is 0 Å². The van der Waals surface area contributed by atoms with Gasteiger partial charge in [-0.25, -0.2) is 4.79 Å². The van der Waals surface area contributed by atoms with Gasteiger partial charge in [-0.3, -0.25) is 0 Å². The minimum atomic E-state index is -2.47. The highest BCUT2D eigenvalue weighted by molar-refractivity contribution is 5.80. The Bertz CT molecular complexity index is 757. The summed E-state index contributed by atoms with van der Waals surface area (Å²) in [5.41, 5.74) is 0.588. The zero-order chi connectivity index (χ0) is 16.6. The predicted molar refractivity (Wildman–Crippen MR) is 79.6 cm³/mol. The molecule has 1 fully saturated rings. The van der Waals surface area contributed by atoms with E-state index < -0.39 is 36.3 Å². The first kappa shape index (κ1) is 15.9. The van der Waals surface area contributed by atoms with Crippen molar-refractivity contribution in [2.45, 2.75) is 30.7 Å². The summed E-state index contributed by atoms with van der Waals surface area (Å²) in [5.74, 6) is -2.47. The fourth-order valence-electron chi connectivity index (χ4n) is 2.48. The lowest BCUT2D eigenvalue weighted by molar-refractivity contribution is -0.356. The Morgan fingerprint density at radius 3 is 2.74 bits per heavy atom. The van der Waals surface area contributed by atoms with E-state index in [1.165, 1.54) is 6.07 Å². The van der Waals surface area contributed by atoms with Gasteiger partial charge in [-0.1, -0.05) is 0 Å². The fourth-order valence-corrected chi connectivity index (χ4v) is 2.48. The topological polar surface area (TPSA) is 132 Å². The summed E-state index contributed by atoms with van der Waals surface area (Å²) in [4.78, 5) is 11.2. The Balaban J connectivity index is 1.69. The minimum Gasteiger partial charge on any atom is -0.423 e. The van der Waals surface area contributed by atoms with Crippen LogP contribution in [-0.4, -0.2) is 51.3 Å². The molecular weight excluding hydrogens is 306 g/mol. The third-order valence-electron chi connectivity index (χ3n) is 3.77. The zero-order valence-corrected chi connectivity index (χ0v) is 12.0. The molecule has 3 rings (SSSR count). The second-order valence-electron chi connectivity index (χ2n) is 5.56. The summed E-state index contributed by atoms with van der Waals surface area (Å²) < 4.78 is 10.1. The summed E-state index contributed by atoms with van der Waals surface area (Å²) in [6.07, 6.45) is -4.20. The number of rotatable bonds is 3. The maximum absolute atomic E-state index is 11.2. The van der Waals surface area contributed by atoms with Gasteiger partial charge in [0.15, 0.2) is 0 Å². The monoisotopic (exact) mass is 323 g/mol. The Morgan fingerprint density at radius 2 is 1.96 bits per heavy atom. The number of fused-ring (bicyclic) bond motifs is 1. The van der Waals surface area contributed by atoms with E-state index in [4.69, 9.17) is 9.15 Å². The molecule has 0 aliphatic carbocycles. The highest BCUT2D eigenvalue weighted by Crippen LogP contribution is 2.26. The second kappa shape index (κ2) is 5.91. The van der Waals surface area contributed by atoms with Crippen molar-refractivity contribution in [1.29, 1.82) is 0 Å². The van der Waals surface area contributed by atoms with E-state index in [2.05, 4.69) is 5.32 Å². The van der Waals surface area contributed by atoms with Gasteiger partial charge in [0.25, 0.3) is 0 Å². The van der Waals surface area contributed by atoms with Crippen LogP contribution in [-0.2, 0) is 4.74 Å². The Hall–Kier alpha value is -1.97. The third-order valence-corrected chi connectivity index (χ3v) is 3.77. The van der Waals surface area contributed by atoms with Crippen molar-refractivity contribution in [1.82, 2.24) is 0 Å². The maximum Gasteiger partial charge on any atom is 0.336 e. The van der Waals surface area contributed by atoms with Crippen LogP contribution in [0.25, 0.3) is 11.0 Å². The lowest BCUT2D eigenvalue weighted by atomic mass is 9.99. The van der Waals surface area contributed by atoms with Crippen molar-refractivity contribution in [2.75, 3.05) is 11.9 Å². The Labute approximate surface area is 130 Å². The number of aliphatic hydroxyl groups excluding tert-OH is 2. The Morgan fingerprint density at radius 1 is 1.22 bits per heavy atom. The van der Waals surface area contributed by atoms with Gasteiger partial charge in [0.1, 0.15) is 11.7 Å². The molecule has 2 heterocycles.